The van der Waals surface area contributed by atoms with Crippen LogP contribution in [-0.4, -0.2) is 6.54 Å². The van der Waals surface area contributed by atoms with E-state index in [1.54, 1.807) is 6.07 Å². The summed E-state index contributed by atoms with van der Waals surface area (Å²) in [6.45, 7) is 6.82. The zero-order valence-electron chi connectivity index (χ0n) is 9.85. The Labute approximate surface area is 105 Å². The van der Waals surface area contributed by atoms with Crippen molar-refractivity contribution < 1.29 is 4.39 Å². The van der Waals surface area contributed by atoms with Crippen molar-refractivity contribution in [1.29, 1.82) is 0 Å². The van der Waals surface area contributed by atoms with Gasteiger partial charge in [0.1, 0.15) is 5.82 Å². The summed E-state index contributed by atoms with van der Waals surface area (Å²) in [7, 11) is 0. The van der Waals surface area contributed by atoms with Gasteiger partial charge >= 0.3 is 0 Å². The number of allylic oxidation sites excluding steroid dienone is 1. The second-order valence-electron chi connectivity index (χ2n) is 4.08. The van der Waals surface area contributed by atoms with Crippen LogP contribution in [0.2, 0.25) is 0 Å². The van der Waals surface area contributed by atoms with Crippen molar-refractivity contribution in [1.82, 2.24) is 5.32 Å². The highest BCUT2D eigenvalue weighted by molar-refractivity contribution is 9.10. The molecule has 1 aromatic rings. The van der Waals surface area contributed by atoms with Gasteiger partial charge in [-0.1, -0.05) is 27.6 Å². The molecule has 0 aliphatic carbocycles. The lowest BCUT2D eigenvalue weighted by Gasteiger charge is -2.14. The fourth-order valence-corrected chi connectivity index (χ4v) is 1.78. The highest BCUT2D eigenvalue weighted by atomic mass is 79.9. The van der Waals surface area contributed by atoms with Crippen LogP contribution in [-0.2, 0) is 0 Å². The first-order valence-electron chi connectivity index (χ1n) is 5.32. The van der Waals surface area contributed by atoms with Crippen LogP contribution in [0.5, 0.6) is 0 Å². The van der Waals surface area contributed by atoms with Gasteiger partial charge in [0.25, 0.3) is 0 Å². The highest BCUT2D eigenvalue weighted by Crippen LogP contribution is 2.21. The Kier molecular flexibility index (Phi) is 5.16. The SMILES string of the molecule is CC(C)=CCNC(C)c1cc(Br)ccc1F. The van der Waals surface area contributed by atoms with Crippen molar-refractivity contribution in [2.75, 3.05) is 6.54 Å². The summed E-state index contributed by atoms with van der Waals surface area (Å²) in [6, 6.07) is 5.02. The van der Waals surface area contributed by atoms with E-state index in [0.717, 1.165) is 11.0 Å². The Hall–Kier alpha value is -0.670. The van der Waals surface area contributed by atoms with Crippen molar-refractivity contribution in [3.63, 3.8) is 0 Å². The maximum Gasteiger partial charge on any atom is 0.128 e. The molecule has 1 atom stereocenters. The smallest absolute Gasteiger partial charge is 0.128 e. The van der Waals surface area contributed by atoms with E-state index in [-0.39, 0.29) is 11.9 Å². The lowest BCUT2D eigenvalue weighted by molar-refractivity contribution is 0.548. The van der Waals surface area contributed by atoms with Gasteiger partial charge in [-0.2, -0.15) is 0 Å². The zero-order valence-corrected chi connectivity index (χ0v) is 11.4. The minimum atomic E-state index is -0.166. The van der Waals surface area contributed by atoms with Gasteiger partial charge in [0.2, 0.25) is 0 Å². The molecule has 88 valence electrons. The van der Waals surface area contributed by atoms with Gasteiger partial charge in [0.15, 0.2) is 0 Å². The number of benzene rings is 1. The summed E-state index contributed by atoms with van der Waals surface area (Å²) < 4.78 is 14.4. The van der Waals surface area contributed by atoms with Crippen LogP contribution in [0, 0.1) is 5.82 Å². The molecule has 0 aliphatic rings. The average molecular weight is 286 g/mol. The first kappa shape index (κ1) is 13.4. The van der Waals surface area contributed by atoms with E-state index in [1.165, 1.54) is 11.6 Å². The first-order valence-corrected chi connectivity index (χ1v) is 6.11. The summed E-state index contributed by atoms with van der Waals surface area (Å²) in [6.07, 6.45) is 2.09. The summed E-state index contributed by atoms with van der Waals surface area (Å²) in [5.74, 6) is -0.166. The maximum absolute atomic E-state index is 13.5. The number of halogens is 2. The van der Waals surface area contributed by atoms with Crippen molar-refractivity contribution >= 4 is 15.9 Å². The number of nitrogens with one attached hydrogen (secondary N) is 1. The molecule has 1 N–H and O–H groups in total. The molecular weight excluding hydrogens is 269 g/mol. The van der Waals surface area contributed by atoms with Gasteiger partial charge in [-0.15, -0.1) is 0 Å². The van der Waals surface area contributed by atoms with Crippen LogP contribution in [0.25, 0.3) is 0 Å². The molecule has 1 nitrogen and oxygen atoms in total. The molecule has 0 saturated heterocycles. The van der Waals surface area contributed by atoms with Crippen LogP contribution in [0.3, 0.4) is 0 Å². The highest BCUT2D eigenvalue weighted by Gasteiger charge is 2.09. The third-order valence-corrected chi connectivity index (χ3v) is 2.85. The fourth-order valence-electron chi connectivity index (χ4n) is 1.40. The van der Waals surface area contributed by atoms with Crippen LogP contribution < -0.4 is 5.32 Å². The van der Waals surface area contributed by atoms with E-state index in [9.17, 15) is 4.39 Å². The monoisotopic (exact) mass is 285 g/mol. The van der Waals surface area contributed by atoms with E-state index in [1.807, 2.05) is 26.8 Å². The molecule has 0 saturated carbocycles. The fraction of sp³-hybridized carbons (Fsp3) is 0.385. The molecule has 0 fully saturated rings. The number of hydrogen-bond acceptors (Lipinski definition) is 1. The van der Waals surface area contributed by atoms with Crippen molar-refractivity contribution in [2.45, 2.75) is 26.8 Å². The molecule has 0 radical (unpaired) electrons. The van der Waals surface area contributed by atoms with Crippen LogP contribution in [0.15, 0.2) is 34.3 Å². The van der Waals surface area contributed by atoms with Gasteiger partial charge in [-0.3, -0.25) is 0 Å². The lowest BCUT2D eigenvalue weighted by atomic mass is 10.1. The summed E-state index contributed by atoms with van der Waals surface area (Å²) in [4.78, 5) is 0. The molecule has 0 aromatic heterocycles. The van der Waals surface area contributed by atoms with E-state index in [4.69, 9.17) is 0 Å². The van der Waals surface area contributed by atoms with Crippen LogP contribution >= 0.6 is 15.9 Å². The van der Waals surface area contributed by atoms with Crippen molar-refractivity contribution in [3.05, 3.63) is 45.7 Å². The molecule has 16 heavy (non-hydrogen) atoms. The van der Waals surface area contributed by atoms with Crippen molar-refractivity contribution in [3.8, 4) is 0 Å². The average Bonchev–Trinajstić information content (AvgIpc) is 2.21. The molecule has 0 heterocycles. The molecule has 1 rings (SSSR count). The molecule has 1 unspecified atom stereocenters. The lowest BCUT2D eigenvalue weighted by Crippen LogP contribution is -2.19. The summed E-state index contributed by atoms with van der Waals surface area (Å²) in [5, 5.41) is 3.26. The summed E-state index contributed by atoms with van der Waals surface area (Å²) >= 11 is 3.35. The second kappa shape index (κ2) is 6.16. The topological polar surface area (TPSA) is 12.0 Å². The van der Waals surface area contributed by atoms with E-state index in [2.05, 4.69) is 27.3 Å². The van der Waals surface area contributed by atoms with Crippen LogP contribution in [0.4, 0.5) is 4.39 Å². The maximum atomic E-state index is 13.5. The Bertz CT molecular complexity index is 384. The third kappa shape index (κ3) is 4.06. The Morgan fingerprint density at radius 1 is 1.50 bits per heavy atom. The van der Waals surface area contributed by atoms with E-state index in [0.29, 0.717) is 5.56 Å². The Morgan fingerprint density at radius 3 is 2.81 bits per heavy atom. The van der Waals surface area contributed by atoms with Gasteiger partial charge in [-0.25, -0.2) is 4.39 Å². The predicted molar refractivity (Wildman–Crippen MR) is 69.9 cm³/mol. The second-order valence-corrected chi connectivity index (χ2v) is 4.99. The normalized spacial score (nSPS) is 12.3. The van der Waals surface area contributed by atoms with Gasteiger partial charge in [-0.05, 0) is 39.0 Å². The quantitative estimate of drug-likeness (QED) is 0.818. The van der Waals surface area contributed by atoms with E-state index >= 15 is 0 Å². The Morgan fingerprint density at radius 2 is 2.19 bits per heavy atom. The molecule has 0 bridgehead atoms. The molecular formula is C13H17BrFN. The molecule has 0 aliphatic heterocycles. The molecule has 1 aromatic carbocycles. The minimum absolute atomic E-state index is 0.00750. The third-order valence-electron chi connectivity index (χ3n) is 2.36. The Balaban J connectivity index is 2.69. The molecule has 3 heteroatoms. The van der Waals surface area contributed by atoms with Gasteiger partial charge in [0, 0.05) is 22.6 Å². The first-order chi connectivity index (χ1) is 7.50. The standard InChI is InChI=1S/C13H17BrFN/c1-9(2)6-7-16-10(3)12-8-11(14)4-5-13(12)15/h4-6,8,10,16H,7H2,1-3H3. The van der Waals surface area contributed by atoms with Gasteiger partial charge < -0.3 is 5.32 Å². The predicted octanol–water partition coefficient (Wildman–Crippen LogP) is 4.21. The number of hydrogen-bond donors (Lipinski definition) is 1. The molecule has 0 amide bonds. The van der Waals surface area contributed by atoms with Gasteiger partial charge in [0.05, 0.1) is 0 Å². The number of rotatable bonds is 4. The van der Waals surface area contributed by atoms with Crippen LogP contribution in [0.1, 0.15) is 32.4 Å². The zero-order chi connectivity index (χ0) is 12.1. The molecule has 0 spiro atoms. The van der Waals surface area contributed by atoms with E-state index < -0.39 is 0 Å². The van der Waals surface area contributed by atoms with Crippen molar-refractivity contribution in [2.24, 2.45) is 0 Å². The summed E-state index contributed by atoms with van der Waals surface area (Å²) in [5.41, 5.74) is 1.95. The minimum Gasteiger partial charge on any atom is -0.307 e. The largest absolute Gasteiger partial charge is 0.307 e.